The maximum atomic E-state index is 12.5. The van der Waals surface area contributed by atoms with Crippen molar-refractivity contribution in [3.05, 3.63) is 23.3 Å². The summed E-state index contributed by atoms with van der Waals surface area (Å²) in [6, 6.07) is 3.70. The Morgan fingerprint density at radius 3 is 2.87 bits per heavy atom. The van der Waals surface area contributed by atoms with Crippen LogP contribution in [0.3, 0.4) is 0 Å². The van der Waals surface area contributed by atoms with Gasteiger partial charge in [-0.25, -0.2) is 4.98 Å². The van der Waals surface area contributed by atoms with Crippen molar-refractivity contribution in [1.82, 2.24) is 9.88 Å². The third-order valence-electron chi connectivity index (χ3n) is 4.03. The molecule has 0 aliphatic carbocycles. The first-order valence-corrected chi connectivity index (χ1v) is 9.18. The molecule has 2 heterocycles. The Kier molecular flexibility index (Phi) is 4.10. The number of nitrogens with zero attached hydrogens (tertiary/aromatic N) is 2. The van der Waals surface area contributed by atoms with Crippen molar-refractivity contribution in [2.75, 3.05) is 11.1 Å². The average molecular weight is 349 g/mol. The fourth-order valence-corrected chi connectivity index (χ4v) is 5.07. The maximum Gasteiger partial charge on any atom is 0.249 e. The van der Waals surface area contributed by atoms with Crippen LogP contribution in [0.4, 0.5) is 5.13 Å². The third kappa shape index (κ3) is 2.95. The largest absolute Gasteiger partial charge is 0.318 e. The number of hydrogen-bond donors (Lipinski definition) is 1. The SMILES string of the molecule is Cc1cc(C)c2nc(NC(=O)C3CSC(C)(C)N3C=O)sc2c1. The highest BCUT2D eigenvalue weighted by atomic mass is 32.2. The number of fused-ring (bicyclic) bond motifs is 1. The molecule has 1 saturated heterocycles. The number of thiazole rings is 1. The molecule has 1 aliphatic heterocycles. The Labute approximate surface area is 143 Å². The van der Waals surface area contributed by atoms with Gasteiger partial charge < -0.3 is 10.2 Å². The second-order valence-corrected chi connectivity index (χ2v) is 8.87. The number of carbonyl (C=O) groups excluding carboxylic acids is 2. The molecule has 2 amide bonds. The number of anilines is 1. The Balaban J connectivity index is 1.83. The van der Waals surface area contributed by atoms with E-state index in [0.29, 0.717) is 10.9 Å². The van der Waals surface area contributed by atoms with Gasteiger partial charge in [0.25, 0.3) is 0 Å². The van der Waals surface area contributed by atoms with E-state index in [9.17, 15) is 9.59 Å². The highest BCUT2D eigenvalue weighted by Crippen LogP contribution is 2.38. The fourth-order valence-electron chi connectivity index (χ4n) is 2.83. The minimum Gasteiger partial charge on any atom is -0.318 e. The standard InChI is InChI=1S/C16H19N3O2S2/c1-9-5-10(2)13-12(6-9)23-15(17-13)18-14(21)11-7-22-16(3,4)19(11)8-20/h5-6,8,11H,7H2,1-4H3,(H,17,18,21). The lowest BCUT2D eigenvalue weighted by molar-refractivity contribution is -0.130. The van der Waals surface area contributed by atoms with E-state index in [0.717, 1.165) is 22.2 Å². The second-order valence-electron chi connectivity index (χ2n) is 6.22. The molecule has 0 radical (unpaired) electrons. The van der Waals surface area contributed by atoms with Crippen LogP contribution in [0, 0.1) is 13.8 Å². The van der Waals surface area contributed by atoms with Crippen molar-refractivity contribution in [2.45, 2.75) is 38.6 Å². The molecule has 7 heteroatoms. The molecule has 1 aliphatic rings. The monoisotopic (exact) mass is 349 g/mol. The van der Waals surface area contributed by atoms with Gasteiger partial charge in [-0.3, -0.25) is 9.59 Å². The van der Waals surface area contributed by atoms with E-state index < -0.39 is 6.04 Å². The van der Waals surface area contributed by atoms with Crippen LogP contribution in [-0.2, 0) is 9.59 Å². The summed E-state index contributed by atoms with van der Waals surface area (Å²) in [6.45, 7) is 7.96. The highest BCUT2D eigenvalue weighted by molar-refractivity contribution is 8.00. The second kappa shape index (κ2) is 5.79. The van der Waals surface area contributed by atoms with Crippen LogP contribution >= 0.6 is 23.1 Å². The van der Waals surface area contributed by atoms with Crippen LogP contribution in [-0.4, -0.2) is 38.9 Å². The molecular weight excluding hydrogens is 330 g/mol. The molecule has 0 saturated carbocycles. The van der Waals surface area contributed by atoms with Gasteiger partial charge in [-0.2, -0.15) is 0 Å². The van der Waals surface area contributed by atoms with Gasteiger partial charge in [0.1, 0.15) is 6.04 Å². The summed E-state index contributed by atoms with van der Waals surface area (Å²) in [7, 11) is 0. The average Bonchev–Trinajstić information content (AvgIpc) is 2.98. The zero-order valence-electron chi connectivity index (χ0n) is 13.5. The van der Waals surface area contributed by atoms with Crippen molar-refractivity contribution >= 4 is 50.8 Å². The smallest absolute Gasteiger partial charge is 0.249 e. The van der Waals surface area contributed by atoms with Crippen LogP contribution in [0.1, 0.15) is 25.0 Å². The molecule has 5 nitrogen and oxygen atoms in total. The lowest BCUT2D eigenvalue weighted by Crippen LogP contribution is -2.47. The maximum absolute atomic E-state index is 12.5. The lowest BCUT2D eigenvalue weighted by atomic mass is 10.1. The third-order valence-corrected chi connectivity index (χ3v) is 6.35. The van der Waals surface area contributed by atoms with E-state index in [1.54, 1.807) is 16.7 Å². The zero-order valence-corrected chi connectivity index (χ0v) is 15.2. The number of aromatic nitrogens is 1. The Morgan fingerprint density at radius 2 is 2.17 bits per heavy atom. The molecule has 1 unspecified atom stereocenters. The first kappa shape index (κ1) is 16.3. The minimum absolute atomic E-state index is 0.177. The molecule has 1 atom stereocenters. The van der Waals surface area contributed by atoms with Gasteiger partial charge in [-0.15, -0.1) is 11.8 Å². The Bertz CT molecular complexity index is 785. The van der Waals surface area contributed by atoms with Gasteiger partial charge in [0, 0.05) is 5.75 Å². The quantitative estimate of drug-likeness (QED) is 0.865. The lowest BCUT2D eigenvalue weighted by Gasteiger charge is -2.29. The van der Waals surface area contributed by atoms with Crippen LogP contribution in [0.15, 0.2) is 12.1 Å². The number of nitrogens with one attached hydrogen (secondary N) is 1. The fraction of sp³-hybridized carbons (Fsp3) is 0.438. The molecule has 122 valence electrons. The van der Waals surface area contributed by atoms with Gasteiger partial charge in [0.2, 0.25) is 12.3 Å². The molecule has 23 heavy (non-hydrogen) atoms. The number of benzene rings is 1. The Hall–Kier alpha value is -1.60. The molecule has 1 N–H and O–H groups in total. The molecular formula is C16H19N3O2S2. The van der Waals surface area contributed by atoms with Crippen molar-refractivity contribution < 1.29 is 9.59 Å². The summed E-state index contributed by atoms with van der Waals surface area (Å²) in [5, 5.41) is 3.46. The normalized spacial score (nSPS) is 20.0. The van der Waals surface area contributed by atoms with Crippen molar-refractivity contribution in [3.63, 3.8) is 0 Å². The topological polar surface area (TPSA) is 62.3 Å². The molecule has 1 aromatic carbocycles. The minimum atomic E-state index is -0.456. The van der Waals surface area contributed by atoms with E-state index in [-0.39, 0.29) is 10.8 Å². The first-order chi connectivity index (χ1) is 10.8. The van der Waals surface area contributed by atoms with E-state index in [4.69, 9.17) is 0 Å². The van der Waals surface area contributed by atoms with E-state index in [2.05, 4.69) is 22.4 Å². The molecule has 0 spiro atoms. The van der Waals surface area contributed by atoms with Gasteiger partial charge in [-0.1, -0.05) is 17.4 Å². The van der Waals surface area contributed by atoms with Crippen LogP contribution in [0.2, 0.25) is 0 Å². The summed E-state index contributed by atoms with van der Waals surface area (Å²) in [4.78, 5) is 29.6. The number of thioether (sulfide) groups is 1. The van der Waals surface area contributed by atoms with Crippen molar-refractivity contribution in [2.24, 2.45) is 0 Å². The van der Waals surface area contributed by atoms with Gasteiger partial charge in [0.05, 0.1) is 15.1 Å². The first-order valence-electron chi connectivity index (χ1n) is 7.38. The van der Waals surface area contributed by atoms with E-state index >= 15 is 0 Å². The molecule has 1 fully saturated rings. The zero-order chi connectivity index (χ0) is 16.8. The number of hydrogen-bond acceptors (Lipinski definition) is 5. The molecule has 0 bridgehead atoms. The van der Waals surface area contributed by atoms with Crippen molar-refractivity contribution in [3.8, 4) is 0 Å². The van der Waals surface area contributed by atoms with E-state index in [1.807, 2.05) is 27.7 Å². The van der Waals surface area contributed by atoms with Crippen LogP contribution < -0.4 is 5.32 Å². The van der Waals surface area contributed by atoms with E-state index in [1.165, 1.54) is 16.9 Å². The van der Waals surface area contributed by atoms with Gasteiger partial charge in [-0.05, 0) is 44.9 Å². The van der Waals surface area contributed by atoms with Crippen molar-refractivity contribution in [1.29, 1.82) is 0 Å². The summed E-state index contributed by atoms with van der Waals surface area (Å²) >= 11 is 3.07. The molecule has 2 aromatic rings. The number of rotatable bonds is 3. The highest BCUT2D eigenvalue weighted by Gasteiger charge is 2.43. The summed E-state index contributed by atoms with van der Waals surface area (Å²) in [5.74, 6) is 0.421. The summed E-state index contributed by atoms with van der Waals surface area (Å²) in [5.41, 5.74) is 3.20. The van der Waals surface area contributed by atoms with Crippen LogP contribution in [0.25, 0.3) is 10.2 Å². The number of carbonyl (C=O) groups is 2. The predicted octanol–water partition coefficient (Wildman–Crippen LogP) is 3.16. The molecule has 3 rings (SSSR count). The summed E-state index contributed by atoms with van der Waals surface area (Å²) in [6.07, 6.45) is 0.760. The predicted molar refractivity (Wildman–Crippen MR) is 96.0 cm³/mol. The van der Waals surface area contributed by atoms with Gasteiger partial charge >= 0.3 is 0 Å². The number of aryl methyl sites for hydroxylation is 2. The van der Waals surface area contributed by atoms with Crippen LogP contribution in [0.5, 0.6) is 0 Å². The number of amides is 2. The summed E-state index contributed by atoms with van der Waals surface area (Å²) < 4.78 is 1.06. The Morgan fingerprint density at radius 1 is 1.43 bits per heavy atom. The van der Waals surface area contributed by atoms with Gasteiger partial charge in [0.15, 0.2) is 5.13 Å². The molecule has 1 aromatic heterocycles.